The van der Waals surface area contributed by atoms with E-state index in [1.165, 1.54) is 44.9 Å². The van der Waals surface area contributed by atoms with E-state index in [1.807, 2.05) is 13.0 Å². The number of Topliss-reactive ketones (excluding diaryl/α,β-unsaturated/α-hetero) is 1. The fraction of sp³-hybridized carbons (Fsp3) is 0.837. The van der Waals surface area contributed by atoms with Crippen LogP contribution in [-0.4, -0.2) is 53.3 Å². The quantitative estimate of drug-likeness (QED) is 0.152. The Morgan fingerprint density at radius 2 is 1.58 bits per heavy atom. The van der Waals surface area contributed by atoms with Crippen LogP contribution in [-0.2, 0) is 28.6 Å². The summed E-state index contributed by atoms with van der Waals surface area (Å²) in [6.07, 6.45) is 17.9. The minimum atomic E-state index is -1.27. The van der Waals surface area contributed by atoms with E-state index in [2.05, 4.69) is 48.5 Å². The molecule has 3 saturated carbocycles. The second-order valence-corrected chi connectivity index (χ2v) is 18.3. The largest absolute Gasteiger partial charge is 0.458 e. The first kappa shape index (κ1) is 39.4. The Labute approximate surface area is 302 Å². The predicted octanol–water partition coefficient (Wildman–Crippen LogP) is 8.95. The van der Waals surface area contributed by atoms with Gasteiger partial charge in [-0.1, -0.05) is 118 Å². The van der Waals surface area contributed by atoms with Gasteiger partial charge in [0.25, 0.3) is 0 Å². The van der Waals surface area contributed by atoms with Crippen molar-refractivity contribution in [2.24, 2.45) is 52.3 Å². The molecule has 0 radical (unpaired) electrons. The molecule has 6 unspecified atom stereocenters. The van der Waals surface area contributed by atoms with Gasteiger partial charge >= 0.3 is 5.97 Å². The van der Waals surface area contributed by atoms with Gasteiger partial charge in [0.15, 0.2) is 24.3 Å². The zero-order valence-corrected chi connectivity index (χ0v) is 32.5. The molecule has 5 rings (SSSR count). The molecule has 5 aliphatic rings. The Balaban J connectivity index is 1.11. The molecule has 50 heavy (non-hydrogen) atoms. The van der Waals surface area contributed by atoms with Crippen molar-refractivity contribution in [3.05, 3.63) is 23.8 Å². The van der Waals surface area contributed by atoms with Gasteiger partial charge in [0, 0.05) is 23.2 Å². The standard InChI is InChI=1S/C43H68O7/c1-27(2)12-9-13-28(3)14-10-15-29(4)16-11-17-30(5)22-39(47)48-26-37(46)43-38(49-31(6)50-43)24-35-34-19-18-32-23-33(44)20-21-41(32,7)40(34)36(45)25-42(35,43)8/h20-21,23,27-31,34-36,38,40,45H,9-19,22,24-26H2,1-8H3/t28?,29?,30?,31?,34?,35-,36-,38+,40?,41-,42-,43+/m0/s1. The van der Waals surface area contributed by atoms with Gasteiger partial charge in [0.05, 0.1) is 12.2 Å². The van der Waals surface area contributed by atoms with Crippen LogP contribution in [0.2, 0.25) is 0 Å². The van der Waals surface area contributed by atoms with Crippen molar-refractivity contribution < 1.29 is 33.7 Å². The van der Waals surface area contributed by atoms with Gasteiger partial charge in [-0.3, -0.25) is 14.4 Å². The Hall–Kier alpha value is -1.83. The van der Waals surface area contributed by atoms with E-state index in [-0.39, 0.29) is 47.8 Å². The van der Waals surface area contributed by atoms with E-state index in [0.29, 0.717) is 25.2 Å². The lowest BCUT2D eigenvalue weighted by Crippen LogP contribution is -2.63. The van der Waals surface area contributed by atoms with Crippen molar-refractivity contribution in [1.82, 2.24) is 0 Å². The number of aliphatic hydroxyl groups excluding tert-OH is 1. The van der Waals surface area contributed by atoms with E-state index in [9.17, 15) is 19.5 Å². The minimum absolute atomic E-state index is 0.0129. The van der Waals surface area contributed by atoms with E-state index in [0.717, 1.165) is 43.1 Å². The summed E-state index contributed by atoms with van der Waals surface area (Å²) in [5, 5.41) is 11.9. The van der Waals surface area contributed by atoms with Crippen molar-refractivity contribution in [3.8, 4) is 0 Å². The second kappa shape index (κ2) is 16.0. The highest BCUT2D eigenvalue weighted by Crippen LogP contribution is 2.69. The van der Waals surface area contributed by atoms with Crippen LogP contribution in [0, 0.1) is 52.3 Å². The van der Waals surface area contributed by atoms with Crippen molar-refractivity contribution in [2.75, 3.05) is 6.61 Å². The molecule has 1 heterocycles. The maximum atomic E-state index is 14.3. The van der Waals surface area contributed by atoms with Crippen molar-refractivity contribution in [3.63, 3.8) is 0 Å². The number of esters is 1. The Morgan fingerprint density at radius 3 is 2.22 bits per heavy atom. The molecule has 12 atom stereocenters. The number of aliphatic hydroxyl groups is 1. The lowest BCUT2D eigenvalue weighted by atomic mass is 9.46. The lowest BCUT2D eigenvalue weighted by molar-refractivity contribution is -0.198. The summed E-state index contributed by atoms with van der Waals surface area (Å²) in [7, 11) is 0. The first-order valence-corrected chi connectivity index (χ1v) is 20.2. The van der Waals surface area contributed by atoms with E-state index < -0.39 is 34.9 Å². The lowest BCUT2D eigenvalue weighted by Gasteiger charge is -2.59. The van der Waals surface area contributed by atoms with Crippen LogP contribution in [0.25, 0.3) is 0 Å². The third-order valence-electron chi connectivity index (χ3n) is 13.9. The van der Waals surface area contributed by atoms with E-state index >= 15 is 0 Å². The number of ketones is 2. The topological polar surface area (TPSA) is 99.1 Å². The Kier molecular flexibility index (Phi) is 12.6. The molecule has 0 aromatic heterocycles. The number of ether oxygens (including phenoxy) is 3. The molecule has 1 N–H and O–H groups in total. The number of hydrogen-bond donors (Lipinski definition) is 1. The molecular weight excluding hydrogens is 628 g/mol. The number of hydrogen-bond acceptors (Lipinski definition) is 7. The molecule has 7 nitrogen and oxygen atoms in total. The summed E-state index contributed by atoms with van der Waals surface area (Å²) in [4.78, 5) is 39.5. The summed E-state index contributed by atoms with van der Waals surface area (Å²) in [6.45, 7) is 17.2. The first-order valence-electron chi connectivity index (χ1n) is 20.2. The van der Waals surface area contributed by atoms with E-state index in [1.54, 1.807) is 12.2 Å². The number of carbonyl (C=O) groups is 3. The van der Waals surface area contributed by atoms with E-state index in [4.69, 9.17) is 14.2 Å². The normalized spacial score (nSPS) is 37.7. The zero-order chi connectivity index (χ0) is 36.4. The molecule has 4 aliphatic carbocycles. The predicted molar refractivity (Wildman–Crippen MR) is 196 cm³/mol. The van der Waals surface area contributed by atoms with Crippen molar-refractivity contribution >= 4 is 17.5 Å². The number of rotatable bonds is 17. The first-order chi connectivity index (χ1) is 23.6. The van der Waals surface area contributed by atoms with Crippen molar-refractivity contribution in [1.29, 1.82) is 0 Å². The highest BCUT2D eigenvalue weighted by atomic mass is 16.7. The maximum Gasteiger partial charge on any atom is 0.306 e. The summed E-state index contributed by atoms with van der Waals surface area (Å²) in [5.74, 6) is 2.11. The van der Waals surface area contributed by atoms with Gasteiger partial charge in [-0.15, -0.1) is 0 Å². The van der Waals surface area contributed by atoms with Crippen LogP contribution in [0.15, 0.2) is 23.8 Å². The molecule has 1 aliphatic heterocycles. The number of allylic oxidation sites excluding steroid dienone is 4. The average Bonchev–Trinajstić information content (AvgIpc) is 3.49. The fourth-order valence-corrected chi connectivity index (χ4v) is 11.2. The molecule has 7 heteroatoms. The van der Waals surface area contributed by atoms with Crippen molar-refractivity contribution in [2.45, 2.75) is 169 Å². The SMILES string of the molecule is CC(C)CCCC(C)CCCC(C)CCCC(C)CC(=O)OCC(=O)[C@@]12OC(C)O[C@@H]1C[C@H]1C3CCC4=CC(=O)C=C[C@]4(C)C3[C@@H](O)C[C@@]12C. The van der Waals surface area contributed by atoms with Crippen LogP contribution < -0.4 is 0 Å². The van der Waals surface area contributed by atoms with Gasteiger partial charge in [0.2, 0.25) is 5.78 Å². The summed E-state index contributed by atoms with van der Waals surface area (Å²) in [5.41, 5.74) is -1.24. The summed E-state index contributed by atoms with van der Waals surface area (Å²) in [6, 6.07) is 0. The summed E-state index contributed by atoms with van der Waals surface area (Å²) < 4.78 is 18.5. The zero-order valence-electron chi connectivity index (χ0n) is 32.5. The Morgan fingerprint density at radius 1 is 0.960 bits per heavy atom. The monoisotopic (exact) mass is 696 g/mol. The van der Waals surface area contributed by atoms with Gasteiger partial charge in [-0.05, 0) is 80.3 Å². The van der Waals surface area contributed by atoms with Crippen LogP contribution in [0.4, 0.5) is 0 Å². The molecule has 1 saturated heterocycles. The maximum absolute atomic E-state index is 14.3. The van der Waals surface area contributed by atoms with Crippen LogP contribution in [0.3, 0.4) is 0 Å². The van der Waals surface area contributed by atoms with Crippen LogP contribution in [0.5, 0.6) is 0 Å². The number of carbonyl (C=O) groups excluding carboxylic acids is 3. The highest BCUT2D eigenvalue weighted by molar-refractivity contribution is 6.01. The van der Waals surface area contributed by atoms with Gasteiger partial charge in [-0.2, -0.15) is 0 Å². The molecule has 4 fully saturated rings. The molecule has 0 aromatic carbocycles. The molecule has 0 amide bonds. The smallest absolute Gasteiger partial charge is 0.306 e. The van der Waals surface area contributed by atoms with Crippen LogP contribution in [0.1, 0.15) is 145 Å². The Bertz CT molecular complexity index is 1290. The molecule has 0 spiro atoms. The van der Waals surface area contributed by atoms with Gasteiger partial charge in [-0.25, -0.2) is 0 Å². The average molecular weight is 697 g/mol. The second-order valence-electron chi connectivity index (χ2n) is 18.3. The van der Waals surface area contributed by atoms with Gasteiger partial charge < -0.3 is 19.3 Å². The molecule has 282 valence electrons. The van der Waals surface area contributed by atoms with Crippen LogP contribution >= 0.6 is 0 Å². The molecular formula is C43H68O7. The minimum Gasteiger partial charge on any atom is -0.458 e. The third-order valence-corrected chi connectivity index (χ3v) is 13.9. The highest BCUT2D eigenvalue weighted by Gasteiger charge is 2.75. The summed E-state index contributed by atoms with van der Waals surface area (Å²) >= 11 is 0. The fourth-order valence-electron chi connectivity index (χ4n) is 11.2. The molecule has 0 bridgehead atoms. The van der Waals surface area contributed by atoms with Gasteiger partial charge in [0.1, 0.15) is 0 Å². The third kappa shape index (κ3) is 7.90. The number of fused-ring (bicyclic) bond motifs is 7. The molecule has 0 aromatic rings.